The molecule has 0 bridgehead atoms. The standard InChI is InChI=1S/C15H18FN3OS/c1-10(2)19(9-11-5-4-8-21-11)15(20)12-6-7-18-14(17-3)13(12)16/h4-8,10H,9H2,1-3H3,(H,17,18). The van der Waals surface area contributed by atoms with Crippen LogP contribution in [-0.4, -0.2) is 28.9 Å². The molecule has 4 nitrogen and oxygen atoms in total. The molecule has 0 unspecified atom stereocenters. The summed E-state index contributed by atoms with van der Waals surface area (Å²) in [5, 5.41) is 4.61. The molecule has 0 saturated heterocycles. The molecule has 0 fully saturated rings. The monoisotopic (exact) mass is 307 g/mol. The summed E-state index contributed by atoms with van der Waals surface area (Å²) in [6.07, 6.45) is 1.44. The van der Waals surface area contributed by atoms with Crippen LogP contribution < -0.4 is 5.32 Å². The molecule has 2 heterocycles. The van der Waals surface area contributed by atoms with Gasteiger partial charge >= 0.3 is 0 Å². The Kier molecular flexibility index (Phi) is 4.90. The molecule has 0 atom stereocenters. The third kappa shape index (κ3) is 3.39. The number of nitrogens with zero attached hydrogens (tertiary/aromatic N) is 2. The van der Waals surface area contributed by atoms with Crippen molar-refractivity contribution in [1.82, 2.24) is 9.88 Å². The van der Waals surface area contributed by atoms with Gasteiger partial charge in [0.25, 0.3) is 5.91 Å². The average Bonchev–Trinajstić information content (AvgIpc) is 2.97. The van der Waals surface area contributed by atoms with Gasteiger partial charge in [-0.05, 0) is 31.4 Å². The maximum atomic E-state index is 14.3. The molecule has 112 valence electrons. The molecule has 21 heavy (non-hydrogen) atoms. The number of nitrogens with one attached hydrogen (secondary N) is 1. The number of pyridine rings is 1. The largest absolute Gasteiger partial charge is 0.371 e. The average molecular weight is 307 g/mol. The normalized spacial score (nSPS) is 10.7. The zero-order valence-electron chi connectivity index (χ0n) is 12.3. The summed E-state index contributed by atoms with van der Waals surface area (Å²) >= 11 is 1.58. The number of hydrogen-bond acceptors (Lipinski definition) is 4. The fourth-order valence-electron chi connectivity index (χ4n) is 2.00. The summed E-state index contributed by atoms with van der Waals surface area (Å²) in [6, 6.07) is 5.30. The Balaban J connectivity index is 2.30. The molecular formula is C15H18FN3OS. The van der Waals surface area contributed by atoms with Gasteiger partial charge in [0.15, 0.2) is 11.6 Å². The van der Waals surface area contributed by atoms with Gasteiger partial charge in [0, 0.05) is 24.2 Å². The van der Waals surface area contributed by atoms with Crippen molar-refractivity contribution >= 4 is 23.1 Å². The second kappa shape index (κ2) is 6.67. The lowest BCUT2D eigenvalue weighted by atomic mass is 10.2. The van der Waals surface area contributed by atoms with Gasteiger partial charge in [-0.2, -0.15) is 0 Å². The van der Waals surface area contributed by atoms with Gasteiger partial charge in [-0.3, -0.25) is 4.79 Å². The van der Waals surface area contributed by atoms with Crippen LogP contribution >= 0.6 is 11.3 Å². The molecule has 0 spiro atoms. The molecule has 2 aromatic rings. The Bertz CT molecular complexity index is 613. The fourth-order valence-corrected chi connectivity index (χ4v) is 2.70. The predicted molar refractivity (Wildman–Crippen MR) is 83.1 cm³/mol. The van der Waals surface area contributed by atoms with Crippen LogP contribution in [0.5, 0.6) is 0 Å². The van der Waals surface area contributed by atoms with Gasteiger partial charge < -0.3 is 10.2 Å². The van der Waals surface area contributed by atoms with Crippen molar-refractivity contribution in [1.29, 1.82) is 0 Å². The van der Waals surface area contributed by atoms with Crippen LogP contribution in [0.3, 0.4) is 0 Å². The van der Waals surface area contributed by atoms with E-state index < -0.39 is 5.82 Å². The van der Waals surface area contributed by atoms with Crippen molar-refractivity contribution in [2.75, 3.05) is 12.4 Å². The summed E-state index contributed by atoms with van der Waals surface area (Å²) in [6.45, 7) is 4.32. The summed E-state index contributed by atoms with van der Waals surface area (Å²) < 4.78 is 14.3. The van der Waals surface area contributed by atoms with Crippen molar-refractivity contribution in [2.24, 2.45) is 0 Å². The van der Waals surface area contributed by atoms with Crippen LogP contribution in [0.1, 0.15) is 29.1 Å². The molecule has 0 aliphatic carbocycles. The summed E-state index contributed by atoms with van der Waals surface area (Å²) in [5.41, 5.74) is 0.0413. The Morgan fingerprint density at radius 2 is 2.24 bits per heavy atom. The van der Waals surface area contributed by atoms with E-state index in [1.54, 1.807) is 23.3 Å². The highest BCUT2D eigenvalue weighted by molar-refractivity contribution is 7.09. The molecule has 0 saturated carbocycles. The smallest absolute Gasteiger partial charge is 0.257 e. The second-order valence-electron chi connectivity index (χ2n) is 4.88. The quantitative estimate of drug-likeness (QED) is 0.921. The highest BCUT2D eigenvalue weighted by atomic mass is 32.1. The number of aromatic nitrogens is 1. The topological polar surface area (TPSA) is 45.2 Å². The van der Waals surface area contributed by atoms with Gasteiger partial charge in [-0.15, -0.1) is 11.3 Å². The van der Waals surface area contributed by atoms with Gasteiger partial charge in [0.1, 0.15) is 0 Å². The lowest BCUT2D eigenvalue weighted by Gasteiger charge is -2.26. The molecule has 0 aliphatic heterocycles. The van der Waals surface area contributed by atoms with E-state index in [9.17, 15) is 9.18 Å². The molecule has 0 radical (unpaired) electrons. The van der Waals surface area contributed by atoms with E-state index in [4.69, 9.17) is 0 Å². The molecule has 1 amide bonds. The number of carbonyl (C=O) groups is 1. The van der Waals surface area contributed by atoms with Crippen molar-refractivity contribution in [3.63, 3.8) is 0 Å². The van der Waals surface area contributed by atoms with Gasteiger partial charge in [0.05, 0.1) is 12.1 Å². The lowest BCUT2D eigenvalue weighted by Crippen LogP contribution is -2.36. The minimum atomic E-state index is -0.609. The lowest BCUT2D eigenvalue weighted by molar-refractivity contribution is 0.0687. The van der Waals surface area contributed by atoms with Crippen molar-refractivity contribution < 1.29 is 9.18 Å². The minimum Gasteiger partial charge on any atom is -0.371 e. The maximum absolute atomic E-state index is 14.3. The van der Waals surface area contributed by atoms with E-state index in [1.807, 2.05) is 31.4 Å². The van der Waals surface area contributed by atoms with Crippen molar-refractivity contribution in [3.05, 3.63) is 46.0 Å². The summed E-state index contributed by atoms with van der Waals surface area (Å²) in [4.78, 5) is 19.2. The first-order valence-electron chi connectivity index (χ1n) is 6.70. The van der Waals surface area contributed by atoms with Crippen LogP contribution in [0.2, 0.25) is 0 Å². The predicted octanol–water partition coefficient (Wildman–Crippen LogP) is 3.37. The number of hydrogen-bond donors (Lipinski definition) is 1. The maximum Gasteiger partial charge on any atom is 0.257 e. The molecule has 1 N–H and O–H groups in total. The zero-order valence-corrected chi connectivity index (χ0v) is 13.1. The number of carbonyl (C=O) groups excluding carboxylic acids is 1. The Labute approximate surface area is 127 Å². The zero-order chi connectivity index (χ0) is 15.4. The third-order valence-electron chi connectivity index (χ3n) is 3.15. The highest BCUT2D eigenvalue weighted by Crippen LogP contribution is 2.20. The highest BCUT2D eigenvalue weighted by Gasteiger charge is 2.23. The Morgan fingerprint density at radius 1 is 1.48 bits per heavy atom. The number of thiophene rings is 1. The van der Waals surface area contributed by atoms with E-state index >= 15 is 0 Å². The van der Waals surface area contributed by atoms with E-state index in [0.717, 1.165) is 4.88 Å². The van der Waals surface area contributed by atoms with Crippen LogP contribution in [0.15, 0.2) is 29.8 Å². The van der Waals surface area contributed by atoms with Crippen LogP contribution in [0, 0.1) is 5.82 Å². The van der Waals surface area contributed by atoms with E-state index in [-0.39, 0.29) is 23.3 Å². The first-order valence-corrected chi connectivity index (χ1v) is 7.58. The van der Waals surface area contributed by atoms with Gasteiger partial charge in [-0.1, -0.05) is 6.07 Å². The van der Waals surface area contributed by atoms with Gasteiger partial charge in [-0.25, -0.2) is 9.37 Å². The first-order chi connectivity index (χ1) is 10.0. The molecular weight excluding hydrogens is 289 g/mol. The number of anilines is 1. The van der Waals surface area contributed by atoms with Crippen LogP contribution in [-0.2, 0) is 6.54 Å². The summed E-state index contributed by atoms with van der Waals surface area (Å²) in [7, 11) is 1.57. The van der Waals surface area contributed by atoms with Crippen molar-refractivity contribution in [2.45, 2.75) is 26.4 Å². The van der Waals surface area contributed by atoms with Crippen molar-refractivity contribution in [3.8, 4) is 0 Å². The molecule has 6 heteroatoms. The molecule has 2 aromatic heterocycles. The van der Waals surface area contributed by atoms with E-state index in [1.165, 1.54) is 12.3 Å². The van der Waals surface area contributed by atoms with Crippen LogP contribution in [0.25, 0.3) is 0 Å². The first kappa shape index (κ1) is 15.4. The SMILES string of the molecule is CNc1nccc(C(=O)N(Cc2cccs2)C(C)C)c1F. The van der Waals surface area contributed by atoms with E-state index in [2.05, 4.69) is 10.3 Å². The van der Waals surface area contributed by atoms with Crippen LogP contribution in [0.4, 0.5) is 10.2 Å². The summed E-state index contributed by atoms with van der Waals surface area (Å²) in [5.74, 6) is -0.850. The number of halogens is 1. The van der Waals surface area contributed by atoms with E-state index in [0.29, 0.717) is 6.54 Å². The second-order valence-corrected chi connectivity index (χ2v) is 5.91. The molecule has 2 rings (SSSR count). The van der Waals surface area contributed by atoms with Gasteiger partial charge in [0.2, 0.25) is 0 Å². The number of amides is 1. The third-order valence-corrected chi connectivity index (χ3v) is 4.01. The fraction of sp³-hybridized carbons (Fsp3) is 0.333. The number of rotatable bonds is 5. The Morgan fingerprint density at radius 3 is 2.81 bits per heavy atom. The minimum absolute atomic E-state index is 0.0230. The molecule has 0 aromatic carbocycles. The molecule has 0 aliphatic rings. The Hall–Kier alpha value is -1.95.